The summed E-state index contributed by atoms with van der Waals surface area (Å²) in [6.07, 6.45) is 16.6. The van der Waals surface area contributed by atoms with Gasteiger partial charge in [-0.3, -0.25) is 0 Å². The fourth-order valence-electron chi connectivity index (χ4n) is 3.39. The Labute approximate surface area is 114 Å². The van der Waals surface area contributed by atoms with E-state index in [2.05, 4.69) is 32.9 Å². The predicted molar refractivity (Wildman–Crippen MR) is 79.9 cm³/mol. The highest BCUT2D eigenvalue weighted by Gasteiger charge is 2.37. The van der Waals surface area contributed by atoms with Gasteiger partial charge in [0.05, 0.1) is 6.10 Å². The van der Waals surface area contributed by atoms with E-state index in [-0.39, 0.29) is 0 Å². The van der Waals surface area contributed by atoms with Crippen molar-refractivity contribution < 1.29 is 4.74 Å². The molecule has 0 aromatic rings. The molecule has 0 aliphatic heterocycles. The van der Waals surface area contributed by atoms with E-state index in [9.17, 15) is 0 Å². The molecule has 0 amide bonds. The molecule has 1 rings (SSSR count). The third-order valence-corrected chi connectivity index (χ3v) is 4.26. The summed E-state index contributed by atoms with van der Waals surface area (Å²) in [6.45, 7) is 7.81. The molecule has 1 aliphatic carbocycles. The molecule has 18 heavy (non-hydrogen) atoms. The van der Waals surface area contributed by atoms with Gasteiger partial charge in [0, 0.05) is 12.0 Å². The first-order chi connectivity index (χ1) is 8.79. The van der Waals surface area contributed by atoms with Crippen molar-refractivity contribution in [2.75, 3.05) is 6.61 Å². The summed E-state index contributed by atoms with van der Waals surface area (Å²) < 4.78 is 6.22. The second kappa shape index (κ2) is 8.74. The van der Waals surface area contributed by atoms with E-state index >= 15 is 0 Å². The lowest BCUT2D eigenvalue weighted by Crippen LogP contribution is -2.38. The molecular weight excluding hydrogens is 220 g/mol. The Morgan fingerprint density at radius 1 is 1.06 bits per heavy atom. The molecule has 0 bridgehead atoms. The lowest BCUT2D eigenvalue weighted by molar-refractivity contribution is -0.0319. The van der Waals surface area contributed by atoms with Crippen LogP contribution in [0.5, 0.6) is 0 Å². The van der Waals surface area contributed by atoms with Crippen LogP contribution in [-0.2, 0) is 4.74 Å². The average molecular weight is 252 g/mol. The van der Waals surface area contributed by atoms with Crippen molar-refractivity contribution in [2.24, 2.45) is 5.41 Å². The van der Waals surface area contributed by atoms with E-state index in [1.807, 2.05) is 0 Å². The van der Waals surface area contributed by atoms with E-state index in [0.29, 0.717) is 11.5 Å². The highest BCUT2D eigenvalue weighted by atomic mass is 16.5. The van der Waals surface area contributed by atoms with Crippen molar-refractivity contribution in [3.8, 4) is 0 Å². The van der Waals surface area contributed by atoms with E-state index in [0.717, 1.165) is 6.61 Å². The molecule has 1 aliphatic rings. The molecule has 0 fully saturated rings. The summed E-state index contributed by atoms with van der Waals surface area (Å²) in [5.41, 5.74) is 0.435. The lowest BCUT2D eigenvalue weighted by Gasteiger charge is -2.41. The molecular formula is C17H32O. The summed E-state index contributed by atoms with van der Waals surface area (Å²) in [6, 6.07) is 0. The zero-order chi connectivity index (χ0) is 13.3. The van der Waals surface area contributed by atoms with Gasteiger partial charge in [-0.25, -0.2) is 0 Å². The van der Waals surface area contributed by atoms with E-state index in [4.69, 9.17) is 4.74 Å². The molecule has 0 heterocycles. The molecule has 106 valence electrons. The van der Waals surface area contributed by atoms with Crippen LogP contribution in [0.15, 0.2) is 12.2 Å². The van der Waals surface area contributed by atoms with Gasteiger partial charge in [-0.15, -0.1) is 0 Å². The van der Waals surface area contributed by atoms with Crippen LogP contribution in [0.2, 0.25) is 0 Å². The molecule has 0 aromatic carbocycles. The van der Waals surface area contributed by atoms with Gasteiger partial charge in [0.2, 0.25) is 0 Å². The molecule has 0 saturated heterocycles. The molecule has 1 heteroatoms. The summed E-state index contributed by atoms with van der Waals surface area (Å²) in [4.78, 5) is 0. The van der Waals surface area contributed by atoms with Crippen LogP contribution in [0.3, 0.4) is 0 Å². The van der Waals surface area contributed by atoms with Gasteiger partial charge in [-0.05, 0) is 32.1 Å². The predicted octanol–water partition coefficient (Wildman–Crippen LogP) is 5.50. The normalized spacial score (nSPS) is 22.3. The standard InChI is InChI=1S/C17H32O/c1-4-7-10-15-18-16-11-8-9-14-17(16,12-5-2)13-6-3/h8,11,16H,4-7,9-10,12-15H2,1-3H3. The van der Waals surface area contributed by atoms with Gasteiger partial charge in [-0.1, -0.05) is 58.6 Å². The maximum atomic E-state index is 6.22. The number of ether oxygens (including phenoxy) is 1. The minimum absolute atomic E-state index is 0.378. The molecule has 0 spiro atoms. The minimum Gasteiger partial charge on any atom is -0.374 e. The van der Waals surface area contributed by atoms with Crippen LogP contribution in [0, 0.1) is 5.41 Å². The van der Waals surface area contributed by atoms with Gasteiger partial charge in [0.25, 0.3) is 0 Å². The largest absolute Gasteiger partial charge is 0.374 e. The fourth-order valence-corrected chi connectivity index (χ4v) is 3.39. The SMILES string of the molecule is CCCCCOC1C=CCCC1(CCC)CCC. The second-order valence-electron chi connectivity index (χ2n) is 5.83. The topological polar surface area (TPSA) is 9.23 Å². The zero-order valence-corrected chi connectivity index (χ0v) is 12.7. The van der Waals surface area contributed by atoms with Crippen LogP contribution in [0.4, 0.5) is 0 Å². The van der Waals surface area contributed by atoms with Crippen molar-refractivity contribution in [3.63, 3.8) is 0 Å². The number of rotatable bonds is 9. The van der Waals surface area contributed by atoms with Gasteiger partial charge in [0.15, 0.2) is 0 Å². The van der Waals surface area contributed by atoms with Crippen molar-refractivity contribution in [1.29, 1.82) is 0 Å². The number of allylic oxidation sites excluding steroid dienone is 1. The van der Waals surface area contributed by atoms with E-state index in [1.165, 1.54) is 57.8 Å². The van der Waals surface area contributed by atoms with E-state index in [1.54, 1.807) is 0 Å². The highest BCUT2D eigenvalue weighted by Crippen LogP contribution is 2.43. The van der Waals surface area contributed by atoms with Crippen molar-refractivity contribution >= 4 is 0 Å². The maximum absolute atomic E-state index is 6.22. The smallest absolute Gasteiger partial charge is 0.0812 e. The number of hydrogen-bond donors (Lipinski definition) is 0. The minimum atomic E-state index is 0.378. The third kappa shape index (κ3) is 4.42. The average Bonchev–Trinajstić information content (AvgIpc) is 2.37. The third-order valence-electron chi connectivity index (χ3n) is 4.26. The van der Waals surface area contributed by atoms with Crippen LogP contribution >= 0.6 is 0 Å². The van der Waals surface area contributed by atoms with Gasteiger partial charge in [-0.2, -0.15) is 0 Å². The Hall–Kier alpha value is -0.300. The highest BCUT2D eigenvalue weighted by molar-refractivity contribution is 5.05. The van der Waals surface area contributed by atoms with Gasteiger partial charge >= 0.3 is 0 Å². The van der Waals surface area contributed by atoms with Gasteiger partial charge < -0.3 is 4.74 Å². The monoisotopic (exact) mass is 252 g/mol. The summed E-state index contributed by atoms with van der Waals surface area (Å²) >= 11 is 0. The molecule has 1 nitrogen and oxygen atoms in total. The Morgan fingerprint density at radius 2 is 1.78 bits per heavy atom. The van der Waals surface area contributed by atoms with Crippen LogP contribution in [0.1, 0.15) is 78.6 Å². The number of hydrogen-bond acceptors (Lipinski definition) is 1. The Balaban J connectivity index is 2.57. The molecule has 0 radical (unpaired) electrons. The summed E-state index contributed by atoms with van der Waals surface area (Å²) in [5.74, 6) is 0. The van der Waals surface area contributed by atoms with Crippen LogP contribution in [-0.4, -0.2) is 12.7 Å². The fraction of sp³-hybridized carbons (Fsp3) is 0.882. The molecule has 1 unspecified atom stereocenters. The first kappa shape index (κ1) is 15.8. The zero-order valence-electron chi connectivity index (χ0n) is 12.7. The van der Waals surface area contributed by atoms with Crippen LogP contribution < -0.4 is 0 Å². The van der Waals surface area contributed by atoms with Crippen molar-refractivity contribution in [2.45, 2.75) is 84.7 Å². The van der Waals surface area contributed by atoms with Crippen molar-refractivity contribution in [1.82, 2.24) is 0 Å². The van der Waals surface area contributed by atoms with E-state index < -0.39 is 0 Å². The number of unbranched alkanes of at least 4 members (excludes halogenated alkanes) is 2. The summed E-state index contributed by atoms with van der Waals surface area (Å²) in [5, 5.41) is 0. The maximum Gasteiger partial charge on any atom is 0.0812 e. The first-order valence-electron chi connectivity index (χ1n) is 8.07. The quantitative estimate of drug-likeness (QED) is 0.389. The van der Waals surface area contributed by atoms with Gasteiger partial charge in [0.1, 0.15) is 0 Å². The molecule has 1 atom stereocenters. The molecule has 0 N–H and O–H groups in total. The summed E-state index contributed by atoms with van der Waals surface area (Å²) in [7, 11) is 0. The molecule has 0 saturated carbocycles. The van der Waals surface area contributed by atoms with Crippen molar-refractivity contribution in [3.05, 3.63) is 12.2 Å². The Kier molecular flexibility index (Phi) is 7.65. The first-order valence-corrected chi connectivity index (χ1v) is 8.07. The Morgan fingerprint density at radius 3 is 2.39 bits per heavy atom. The second-order valence-corrected chi connectivity index (χ2v) is 5.83. The molecule has 0 aromatic heterocycles. The van der Waals surface area contributed by atoms with Crippen LogP contribution in [0.25, 0.3) is 0 Å². The Bertz CT molecular complexity index is 226. The lowest BCUT2D eigenvalue weighted by atomic mass is 9.69.